The van der Waals surface area contributed by atoms with Gasteiger partial charge in [-0.3, -0.25) is 0 Å². The largest absolute Gasteiger partial charge is 0.379 e. The molecule has 0 spiro atoms. The van der Waals surface area contributed by atoms with Crippen LogP contribution in [0.25, 0.3) is 0 Å². The summed E-state index contributed by atoms with van der Waals surface area (Å²) in [5, 5.41) is 0. The van der Waals surface area contributed by atoms with E-state index in [1.807, 2.05) is 0 Å². The molecule has 0 aliphatic heterocycles. The van der Waals surface area contributed by atoms with Crippen molar-refractivity contribution in [2.24, 2.45) is 5.92 Å². The SMILES string of the molecule is [CH2]C1CC(OC)C(OC)C(OC)C1. The molecule has 2 unspecified atom stereocenters. The average molecular weight is 187 g/mol. The van der Waals surface area contributed by atoms with Crippen LogP contribution < -0.4 is 0 Å². The van der Waals surface area contributed by atoms with Gasteiger partial charge in [-0.15, -0.1) is 0 Å². The fraction of sp³-hybridized carbons (Fsp3) is 0.900. The zero-order valence-corrected chi connectivity index (χ0v) is 8.66. The number of rotatable bonds is 3. The van der Waals surface area contributed by atoms with Crippen LogP contribution >= 0.6 is 0 Å². The second-order valence-electron chi connectivity index (χ2n) is 3.59. The first-order valence-corrected chi connectivity index (χ1v) is 4.64. The molecule has 0 bridgehead atoms. The highest BCUT2D eigenvalue weighted by Gasteiger charge is 2.36. The average Bonchev–Trinajstić information content (AvgIpc) is 2.16. The van der Waals surface area contributed by atoms with Crippen LogP contribution in [-0.2, 0) is 14.2 Å². The Hall–Kier alpha value is -0.120. The molecule has 1 radical (unpaired) electrons. The van der Waals surface area contributed by atoms with Crippen molar-refractivity contribution in [2.45, 2.75) is 31.2 Å². The predicted octanol–water partition coefficient (Wildman–Crippen LogP) is 1.28. The van der Waals surface area contributed by atoms with Crippen LogP contribution in [0.15, 0.2) is 0 Å². The Morgan fingerprint density at radius 3 is 1.69 bits per heavy atom. The molecule has 1 rings (SSSR count). The summed E-state index contributed by atoms with van der Waals surface area (Å²) in [4.78, 5) is 0. The lowest BCUT2D eigenvalue weighted by atomic mass is 9.84. The van der Waals surface area contributed by atoms with Gasteiger partial charge < -0.3 is 14.2 Å². The smallest absolute Gasteiger partial charge is 0.109 e. The third kappa shape index (κ3) is 2.42. The summed E-state index contributed by atoms with van der Waals surface area (Å²) in [6, 6.07) is 0. The fourth-order valence-electron chi connectivity index (χ4n) is 2.03. The molecule has 1 aliphatic carbocycles. The van der Waals surface area contributed by atoms with Gasteiger partial charge in [-0.1, -0.05) is 0 Å². The topological polar surface area (TPSA) is 27.7 Å². The van der Waals surface area contributed by atoms with Crippen molar-refractivity contribution in [2.75, 3.05) is 21.3 Å². The van der Waals surface area contributed by atoms with E-state index < -0.39 is 0 Å². The third-order valence-corrected chi connectivity index (χ3v) is 2.74. The monoisotopic (exact) mass is 187 g/mol. The number of ether oxygens (including phenoxy) is 3. The highest BCUT2D eigenvalue weighted by atomic mass is 16.6. The molecule has 2 atom stereocenters. The van der Waals surface area contributed by atoms with Gasteiger partial charge in [-0.2, -0.15) is 0 Å². The van der Waals surface area contributed by atoms with Crippen LogP contribution in [0.2, 0.25) is 0 Å². The lowest BCUT2D eigenvalue weighted by molar-refractivity contribution is -0.136. The van der Waals surface area contributed by atoms with Gasteiger partial charge in [0.2, 0.25) is 0 Å². The number of hydrogen-bond donors (Lipinski definition) is 0. The minimum atomic E-state index is 0.0491. The molecular formula is C10H19O3. The second-order valence-corrected chi connectivity index (χ2v) is 3.59. The van der Waals surface area contributed by atoms with E-state index in [1.165, 1.54) is 0 Å². The molecule has 0 aromatic rings. The van der Waals surface area contributed by atoms with Crippen molar-refractivity contribution >= 4 is 0 Å². The lowest BCUT2D eigenvalue weighted by Crippen LogP contribution is -2.47. The Bertz CT molecular complexity index is 135. The van der Waals surface area contributed by atoms with Crippen LogP contribution in [-0.4, -0.2) is 39.6 Å². The third-order valence-electron chi connectivity index (χ3n) is 2.74. The van der Waals surface area contributed by atoms with Gasteiger partial charge in [0.1, 0.15) is 6.10 Å². The summed E-state index contributed by atoms with van der Waals surface area (Å²) in [6.45, 7) is 4.05. The van der Waals surface area contributed by atoms with Crippen molar-refractivity contribution in [1.82, 2.24) is 0 Å². The standard InChI is InChI=1S/C10H19O3/c1-7-5-8(11-2)10(13-4)9(6-7)12-3/h7-10H,1,5-6H2,2-4H3. The summed E-state index contributed by atoms with van der Waals surface area (Å²) in [5.74, 6) is 0.404. The minimum Gasteiger partial charge on any atom is -0.379 e. The van der Waals surface area contributed by atoms with E-state index in [9.17, 15) is 0 Å². The summed E-state index contributed by atoms with van der Waals surface area (Å²) in [7, 11) is 5.12. The summed E-state index contributed by atoms with van der Waals surface area (Å²) in [6.07, 6.45) is 2.19. The molecule has 77 valence electrons. The van der Waals surface area contributed by atoms with Crippen LogP contribution in [0.3, 0.4) is 0 Å². The molecular weight excluding hydrogens is 168 g/mol. The highest BCUT2D eigenvalue weighted by Crippen LogP contribution is 2.29. The van der Waals surface area contributed by atoms with E-state index in [1.54, 1.807) is 21.3 Å². The maximum Gasteiger partial charge on any atom is 0.109 e. The number of hydrogen-bond acceptors (Lipinski definition) is 3. The van der Waals surface area contributed by atoms with E-state index in [2.05, 4.69) is 6.92 Å². The Labute approximate surface area is 80.4 Å². The first kappa shape index (κ1) is 11.0. The fourth-order valence-corrected chi connectivity index (χ4v) is 2.03. The Morgan fingerprint density at radius 1 is 0.923 bits per heavy atom. The van der Waals surface area contributed by atoms with Gasteiger partial charge in [0, 0.05) is 21.3 Å². The summed E-state index contributed by atoms with van der Waals surface area (Å²) < 4.78 is 16.1. The Balaban J connectivity index is 2.61. The van der Waals surface area contributed by atoms with Gasteiger partial charge in [-0.25, -0.2) is 0 Å². The molecule has 0 aromatic carbocycles. The molecule has 0 aromatic heterocycles. The van der Waals surface area contributed by atoms with Crippen molar-refractivity contribution in [3.05, 3.63) is 6.92 Å². The van der Waals surface area contributed by atoms with Crippen LogP contribution in [0.1, 0.15) is 12.8 Å². The van der Waals surface area contributed by atoms with Crippen molar-refractivity contribution in [3.63, 3.8) is 0 Å². The molecule has 13 heavy (non-hydrogen) atoms. The van der Waals surface area contributed by atoms with Crippen molar-refractivity contribution in [1.29, 1.82) is 0 Å². The van der Waals surface area contributed by atoms with E-state index in [0.29, 0.717) is 5.92 Å². The van der Waals surface area contributed by atoms with Gasteiger partial charge >= 0.3 is 0 Å². The molecule has 0 N–H and O–H groups in total. The van der Waals surface area contributed by atoms with Gasteiger partial charge in [0.25, 0.3) is 0 Å². The molecule has 1 fully saturated rings. The maximum absolute atomic E-state index is 5.37. The van der Waals surface area contributed by atoms with E-state index >= 15 is 0 Å². The molecule has 3 heteroatoms. The quantitative estimate of drug-likeness (QED) is 0.666. The Morgan fingerprint density at radius 2 is 1.38 bits per heavy atom. The molecule has 0 saturated heterocycles. The molecule has 3 nitrogen and oxygen atoms in total. The lowest BCUT2D eigenvalue weighted by Gasteiger charge is -2.38. The molecule has 1 saturated carbocycles. The van der Waals surface area contributed by atoms with Crippen LogP contribution in [0.5, 0.6) is 0 Å². The molecule has 0 amide bonds. The molecule has 1 aliphatic rings. The first-order chi connectivity index (χ1) is 6.22. The molecule has 0 heterocycles. The van der Waals surface area contributed by atoms with Crippen molar-refractivity contribution in [3.8, 4) is 0 Å². The van der Waals surface area contributed by atoms with E-state index in [-0.39, 0.29) is 18.3 Å². The van der Waals surface area contributed by atoms with E-state index in [0.717, 1.165) is 12.8 Å². The zero-order chi connectivity index (χ0) is 9.84. The Kier molecular flexibility index (Phi) is 4.16. The first-order valence-electron chi connectivity index (χ1n) is 4.64. The van der Waals surface area contributed by atoms with Crippen molar-refractivity contribution < 1.29 is 14.2 Å². The second kappa shape index (κ2) is 4.94. The normalized spacial score (nSPS) is 40.6. The van der Waals surface area contributed by atoms with E-state index in [4.69, 9.17) is 14.2 Å². The zero-order valence-electron chi connectivity index (χ0n) is 8.66. The van der Waals surface area contributed by atoms with Gasteiger partial charge in [0.05, 0.1) is 12.2 Å². The maximum atomic E-state index is 5.37. The summed E-state index contributed by atoms with van der Waals surface area (Å²) in [5.41, 5.74) is 0. The number of methoxy groups -OCH3 is 3. The highest BCUT2D eigenvalue weighted by molar-refractivity contribution is 4.89. The minimum absolute atomic E-state index is 0.0491. The van der Waals surface area contributed by atoms with Crippen LogP contribution in [0, 0.1) is 12.8 Å². The summed E-state index contributed by atoms with van der Waals surface area (Å²) >= 11 is 0. The van der Waals surface area contributed by atoms with Gasteiger partial charge in [0.15, 0.2) is 0 Å². The van der Waals surface area contributed by atoms with Gasteiger partial charge in [-0.05, 0) is 25.7 Å². The predicted molar refractivity (Wildman–Crippen MR) is 50.5 cm³/mol. The van der Waals surface area contributed by atoms with Crippen LogP contribution in [0.4, 0.5) is 0 Å².